The molecule has 6 rings (SSSR count). The van der Waals surface area contributed by atoms with Crippen LogP contribution in [0.15, 0.2) is 42.1 Å². The molecule has 0 radical (unpaired) electrons. The number of rotatable bonds is 8. The number of benzene rings is 1. The predicted octanol–water partition coefficient (Wildman–Crippen LogP) is 5.63. The van der Waals surface area contributed by atoms with Gasteiger partial charge in [-0.2, -0.15) is 5.26 Å². The quantitative estimate of drug-likeness (QED) is 0.275. The lowest BCUT2D eigenvalue weighted by molar-refractivity contribution is -0.128. The number of pyridine rings is 1. The van der Waals surface area contributed by atoms with Crippen LogP contribution in [-0.2, 0) is 11.3 Å². The third-order valence-electron chi connectivity index (χ3n) is 7.67. The van der Waals surface area contributed by atoms with Crippen LogP contribution < -0.4 is 20.3 Å². The van der Waals surface area contributed by atoms with Gasteiger partial charge < -0.3 is 20.3 Å². The number of piperidine rings is 1. The van der Waals surface area contributed by atoms with Crippen molar-refractivity contribution in [2.45, 2.75) is 52.1 Å². The van der Waals surface area contributed by atoms with Crippen molar-refractivity contribution in [1.82, 2.24) is 15.2 Å². The van der Waals surface area contributed by atoms with Crippen LogP contribution in [-0.4, -0.2) is 47.6 Å². The van der Waals surface area contributed by atoms with E-state index in [-0.39, 0.29) is 23.6 Å². The number of hydrogen-bond acceptors (Lipinski definition) is 7. The van der Waals surface area contributed by atoms with Gasteiger partial charge in [0.05, 0.1) is 29.1 Å². The summed E-state index contributed by atoms with van der Waals surface area (Å²) in [6.07, 6.45) is 7.53. The van der Waals surface area contributed by atoms with Crippen LogP contribution in [0.2, 0.25) is 0 Å². The van der Waals surface area contributed by atoms with Gasteiger partial charge in [0.1, 0.15) is 22.2 Å². The number of urea groups is 1. The number of amides is 3. The molecule has 2 N–H and O–H groups in total. The Morgan fingerprint density at radius 2 is 2.15 bits per heavy atom. The van der Waals surface area contributed by atoms with Crippen molar-refractivity contribution in [3.05, 3.63) is 52.6 Å². The number of nitrogens with zero attached hydrogens (tertiary/aromatic N) is 4. The van der Waals surface area contributed by atoms with E-state index >= 15 is 0 Å². The van der Waals surface area contributed by atoms with E-state index in [2.05, 4.69) is 21.7 Å². The number of aryl methyl sites for hydroxylation is 1. The van der Waals surface area contributed by atoms with Crippen molar-refractivity contribution in [1.29, 1.82) is 5.26 Å². The topological polar surface area (TPSA) is 111 Å². The van der Waals surface area contributed by atoms with E-state index in [4.69, 9.17) is 4.74 Å². The summed E-state index contributed by atoms with van der Waals surface area (Å²) in [5.74, 6) is 0.991. The highest BCUT2D eigenvalue weighted by Crippen LogP contribution is 2.46. The van der Waals surface area contributed by atoms with Gasteiger partial charge in [-0.15, -0.1) is 11.3 Å². The molecule has 4 heterocycles. The third kappa shape index (κ3) is 5.03. The van der Waals surface area contributed by atoms with Crippen LogP contribution in [0.25, 0.3) is 10.2 Å². The molecule has 206 valence electrons. The molecular weight excluding hydrogens is 524 g/mol. The van der Waals surface area contributed by atoms with Gasteiger partial charge in [-0.3, -0.25) is 9.69 Å². The third-order valence-corrected chi connectivity index (χ3v) is 8.77. The van der Waals surface area contributed by atoms with Crippen molar-refractivity contribution in [2.75, 3.05) is 29.9 Å². The van der Waals surface area contributed by atoms with E-state index < -0.39 is 0 Å². The second kappa shape index (κ2) is 10.9. The van der Waals surface area contributed by atoms with Gasteiger partial charge in [0, 0.05) is 36.8 Å². The molecule has 0 bridgehead atoms. The molecule has 2 fully saturated rings. The first-order valence-electron chi connectivity index (χ1n) is 13.9. The number of anilines is 3. The zero-order valence-electron chi connectivity index (χ0n) is 22.7. The summed E-state index contributed by atoms with van der Waals surface area (Å²) in [5, 5.41) is 17.2. The van der Waals surface area contributed by atoms with Gasteiger partial charge in [-0.25, -0.2) is 9.78 Å². The Kier molecular flexibility index (Phi) is 7.17. The van der Waals surface area contributed by atoms with Crippen LogP contribution in [0.3, 0.4) is 0 Å². The number of ether oxygens (including phenoxy) is 1. The maximum atomic E-state index is 13.5. The number of nitriles is 1. The Bertz CT molecular complexity index is 1550. The van der Waals surface area contributed by atoms with Crippen LogP contribution >= 0.6 is 11.3 Å². The molecule has 0 unspecified atom stereocenters. The molecule has 40 heavy (non-hydrogen) atoms. The summed E-state index contributed by atoms with van der Waals surface area (Å²) >= 11 is 1.57. The summed E-state index contributed by atoms with van der Waals surface area (Å²) in [5.41, 5.74) is 3.60. The number of carbonyl (C=O) groups excluding carboxylic acids is 2. The summed E-state index contributed by atoms with van der Waals surface area (Å²) in [7, 11) is 0. The van der Waals surface area contributed by atoms with Gasteiger partial charge in [0.15, 0.2) is 0 Å². The molecular formula is C30H32N6O3S. The van der Waals surface area contributed by atoms with E-state index in [0.717, 1.165) is 69.2 Å². The predicted molar refractivity (Wildman–Crippen MR) is 156 cm³/mol. The normalized spacial score (nSPS) is 19.0. The zero-order valence-corrected chi connectivity index (χ0v) is 23.5. The Labute approximate surface area is 237 Å². The van der Waals surface area contributed by atoms with E-state index in [1.54, 1.807) is 27.3 Å². The fourth-order valence-electron chi connectivity index (χ4n) is 5.53. The summed E-state index contributed by atoms with van der Waals surface area (Å²) in [4.78, 5) is 36.4. The maximum Gasteiger partial charge on any atom is 0.331 e. The van der Waals surface area contributed by atoms with Crippen molar-refractivity contribution in [3.8, 4) is 11.8 Å². The second-order valence-corrected chi connectivity index (χ2v) is 11.6. The lowest BCUT2D eigenvalue weighted by Gasteiger charge is -2.33. The molecule has 2 aliphatic heterocycles. The molecule has 3 aliphatic rings. The molecule has 1 atom stereocenters. The minimum Gasteiger partial charge on any atom is -0.494 e. The number of nitrogens with one attached hydrogen (secondary N) is 2. The van der Waals surface area contributed by atoms with Gasteiger partial charge in [0.2, 0.25) is 0 Å². The van der Waals surface area contributed by atoms with E-state index in [1.807, 2.05) is 44.2 Å². The second-order valence-electron chi connectivity index (χ2n) is 10.6. The molecule has 9 nitrogen and oxygen atoms in total. The van der Waals surface area contributed by atoms with E-state index in [0.29, 0.717) is 32.2 Å². The van der Waals surface area contributed by atoms with Gasteiger partial charge in [-0.05, 0) is 75.3 Å². The summed E-state index contributed by atoms with van der Waals surface area (Å²) in [6.45, 7) is 6.27. The largest absolute Gasteiger partial charge is 0.494 e. The molecule has 2 aromatic heterocycles. The molecule has 1 aromatic carbocycles. The van der Waals surface area contributed by atoms with Crippen molar-refractivity contribution in [2.24, 2.45) is 5.92 Å². The first kappa shape index (κ1) is 26.3. The lowest BCUT2D eigenvalue weighted by Crippen LogP contribution is -2.48. The van der Waals surface area contributed by atoms with Crippen LogP contribution in [0.4, 0.5) is 21.9 Å². The van der Waals surface area contributed by atoms with Crippen molar-refractivity contribution >= 4 is 50.6 Å². The lowest BCUT2D eigenvalue weighted by atomic mass is 10.0. The fraction of sp³-hybridized carbons (Fsp3) is 0.400. The number of hydrogen-bond donors (Lipinski definition) is 2. The van der Waals surface area contributed by atoms with Crippen LogP contribution in [0.1, 0.15) is 43.0 Å². The SMILES string of the molecule is CCOc1ccc(N2C(=O)Nc3c(CN[C@@H]4CCCN(C(=O)/C(C#N)=C/C5CC5)C4)sc4nccc2c34)c(C)c1. The molecule has 3 aromatic rings. The highest BCUT2D eigenvalue weighted by Gasteiger charge is 2.32. The van der Waals surface area contributed by atoms with E-state index in [1.165, 1.54) is 0 Å². The highest BCUT2D eigenvalue weighted by atomic mass is 32.1. The number of aromatic nitrogens is 1. The number of carbonyl (C=O) groups is 2. The maximum absolute atomic E-state index is 13.5. The number of likely N-dealkylation sites (tertiary alicyclic amines) is 1. The fourth-order valence-corrected chi connectivity index (χ4v) is 6.60. The van der Waals surface area contributed by atoms with Crippen molar-refractivity contribution in [3.63, 3.8) is 0 Å². The molecule has 1 saturated carbocycles. The Balaban J connectivity index is 1.21. The Hall–Kier alpha value is -3.94. The zero-order chi connectivity index (χ0) is 27.8. The number of allylic oxidation sites excluding steroid dienone is 1. The smallest absolute Gasteiger partial charge is 0.331 e. The molecule has 3 amide bonds. The first-order chi connectivity index (χ1) is 19.5. The van der Waals surface area contributed by atoms with Gasteiger partial charge >= 0.3 is 6.03 Å². The van der Waals surface area contributed by atoms with Crippen molar-refractivity contribution < 1.29 is 14.3 Å². The average Bonchev–Trinajstić information content (AvgIpc) is 3.72. The molecule has 0 spiro atoms. The van der Waals surface area contributed by atoms with Gasteiger partial charge in [-0.1, -0.05) is 6.08 Å². The van der Waals surface area contributed by atoms with E-state index in [9.17, 15) is 14.9 Å². The molecule has 1 saturated heterocycles. The van der Waals surface area contributed by atoms with Crippen LogP contribution in [0, 0.1) is 24.2 Å². The number of thiophene rings is 1. The summed E-state index contributed by atoms with van der Waals surface area (Å²) < 4.78 is 5.63. The minimum atomic E-state index is -0.215. The Morgan fingerprint density at radius 3 is 2.90 bits per heavy atom. The average molecular weight is 557 g/mol. The van der Waals surface area contributed by atoms with Gasteiger partial charge in [0.25, 0.3) is 5.91 Å². The monoisotopic (exact) mass is 556 g/mol. The molecule has 10 heteroatoms. The first-order valence-corrected chi connectivity index (χ1v) is 14.7. The Morgan fingerprint density at radius 1 is 1.30 bits per heavy atom. The molecule has 1 aliphatic carbocycles. The standard InChI is InChI=1S/C30H32N6O3S/c1-3-39-22-8-9-23(18(2)13-22)36-24-10-11-32-28-26(24)27(34-30(36)38)25(40-28)16-33-21-5-4-12-35(17-21)29(37)20(15-31)14-19-6-7-19/h8-11,13-14,19,21,33H,3-7,12,16-17H2,1-2H3,(H,34,38)/b20-14+/t21-/m1/s1. The van der Waals surface area contributed by atoms with Crippen LogP contribution in [0.5, 0.6) is 5.75 Å². The summed E-state index contributed by atoms with van der Waals surface area (Å²) in [6, 6.07) is 9.63. The highest BCUT2D eigenvalue weighted by molar-refractivity contribution is 7.19. The minimum absolute atomic E-state index is 0.103.